The number of carbonyl (C=O) groups excluding carboxylic acids is 1. The van der Waals surface area contributed by atoms with Crippen molar-refractivity contribution in [3.8, 4) is 0 Å². The van der Waals surface area contributed by atoms with Gasteiger partial charge >= 0.3 is 0 Å². The fraction of sp³-hybridized carbons (Fsp3) is 0.500. The Kier molecular flexibility index (Phi) is 8.62. The van der Waals surface area contributed by atoms with Crippen LogP contribution in [0.2, 0.25) is 0 Å². The molecule has 1 aromatic rings. The lowest BCUT2D eigenvalue weighted by Crippen LogP contribution is -2.28. The minimum Gasteiger partial charge on any atom is -0.340 e. The molecule has 6 heteroatoms. The van der Waals surface area contributed by atoms with Crippen LogP contribution in [0.3, 0.4) is 0 Å². The lowest BCUT2D eigenvalue weighted by molar-refractivity contribution is 0.0788. The van der Waals surface area contributed by atoms with Crippen molar-refractivity contribution in [3.05, 3.63) is 28.7 Å². The number of halogens is 1. The number of carbonyl (C=O) groups is 1. The van der Waals surface area contributed by atoms with Crippen molar-refractivity contribution in [2.75, 3.05) is 20.1 Å². The Morgan fingerprint density at radius 1 is 1.67 bits per heavy atom. The fourth-order valence-corrected chi connectivity index (χ4v) is 2.21. The molecule has 0 saturated heterocycles. The predicted octanol–water partition coefficient (Wildman–Crippen LogP) is 2.10. The number of allylic oxidation sites excluding steroid dienone is 1. The highest BCUT2D eigenvalue weighted by Crippen LogP contribution is 2.12. The van der Waals surface area contributed by atoms with Crippen molar-refractivity contribution in [1.29, 1.82) is 0 Å². The Labute approximate surface area is 118 Å². The highest BCUT2D eigenvalue weighted by molar-refractivity contribution is 7.09. The van der Waals surface area contributed by atoms with E-state index in [1.807, 2.05) is 6.08 Å². The molecule has 1 rings (SSSR count). The minimum absolute atomic E-state index is 0. The van der Waals surface area contributed by atoms with Crippen LogP contribution in [0.5, 0.6) is 0 Å². The lowest BCUT2D eigenvalue weighted by Gasteiger charge is -2.14. The first-order valence-corrected chi connectivity index (χ1v) is 6.57. The molecule has 2 N–H and O–H groups in total. The molecule has 0 aliphatic heterocycles. The van der Waals surface area contributed by atoms with E-state index in [-0.39, 0.29) is 18.3 Å². The summed E-state index contributed by atoms with van der Waals surface area (Å²) in [5.41, 5.74) is 5.98. The van der Waals surface area contributed by atoms with Gasteiger partial charge in [0.15, 0.2) is 0 Å². The Morgan fingerprint density at radius 2 is 2.39 bits per heavy atom. The number of nitrogens with two attached hydrogens (primary N) is 1. The van der Waals surface area contributed by atoms with Gasteiger partial charge in [0, 0.05) is 25.4 Å². The first kappa shape index (κ1) is 17.1. The van der Waals surface area contributed by atoms with Gasteiger partial charge in [-0.1, -0.05) is 6.08 Å². The molecule has 1 amide bonds. The van der Waals surface area contributed by atoms with Gasteiger partial charge in [0.05, 0.1) is 5.01 Å². The van der Waals surface area contributed by atoms with E-state index in [0.29, 0.717) is 12.2 Å². The monoisotopic (exact) mass is 289 g/mol. The number of nitrogens with zero attached hydrogens (tertiary/aromatic N) is 2. The minimum atomic E-state index is -0.0198. The third kappa shape index (κ3) is 5.16. The van der Waals surface area contributed by atoms with Gasteiger partial charge in [0.2, 0.25) is 0 Å². The maximum Gasteiger partial charge on any atom is 0.273 e. The molecule has 0 radical (unpaired) electrons. The zero-order chi connectivity index (χ0) is 12.7. The number of aromatic nitrogens is 1. The zero-order valence-electron chi connectivity index (χ0n) is 10.6. The summed E-state index contributed by atoms with van der Waals surface area (Å²) in [6, 6.07) is 0. The van der Waals surface area contributed by atoms with Crippen molar-refractivity contribution in [3.63, 3.8) is 0 Å². The van der Waals surface area contributed by atoms with Crippen LogP contribution in [0.1, 0.15) is 28.3 Å². The third-order valence-electron chi connectivity index (χ3n) is 2.38. The smallest absolute Gasteiger partial charge is 0.273 e. The number of unbranched alkanes of at least 4 members (excludes halogenated alkanes) is 1. The first-order valence-electron chi connectivity index (χ1n) is 5.70. The molecule has 0 aliphatic rings. The number of rotatable bonds is 7. The second-order valence-corrected chi connectivity index (χ2v) is 4.77. The molecule has 0 fully saturated rings. The van der Waals surface area contributed by atoms with E-state index < -0.39 is 0 Å². The number of hydrogen-bond donors (Lipinski definition) is 1. The maximum atomic E-state index is 12.0. The summed E-state index contributed by atoms with van der Waals surface area (Å²) in [5, 5.41) is 2.73. The SMILES string of the molecule is C=CCCCN(C)C(=O)c1csc(CCN)n1.Cl. The average molecular weight is 290 g/mol. The molecular weight excluding hydrogens is 270 g/mol. The molecule has 18 heavy (non-hydrogen) atoms. The van der Waals surface area contributed by atoms with Crippen molar-refractivity contribution in [2.24, 2.45) is 5.73 Å². The van der Waals surface area contributed by atoms with Crippen LogP contribution in [-0.2, 0) is 6.42 Å². The summed E-state index contributed by atoms with van der Waals surface area (Å²) in [6.45, 7) is 4.95. The van der Waals surface area contributed by atoms with Crippen LogP contribution in [0, 0.1) is 0 Å². The topological polar surface area (TPSA) is 59.2 Å². The highest BCUT2D eigenvalue weighted by atomic mass is 35.5. The molecule has 0 bridgehead atoms. The van der Waals surface area contributed by atoms with E-state index in [0.717, 1.165) is 30.8 Å². The van der Waals surface area contributed by atoms with E-state index in [1.165, 1.54) is 11.3 Å². The molecular formula is C12H20ClN3OS. The van der Waals surface area contributed by atoms with Gasteiger partial charge in [-0.25, -0.2) is 4.98 Å². The summed E-state index contributed by atoms with van der Waals surface area (Å²) in [5.74, 6) is -0.0198. The Balaban J connectivity index is 0.00000289. The summed E-state index contributed by atoms with van der Waals surface area (Å²) in [4.78, 5) is 17.9. The van der Waals surface area contributed by atoms with Crippen LogP contribution >= 0.6 is 23.7 Å². The second kappa shape index (κ2) is 9.08. The first-order chi connectivity index (χ1) is 8.19. The predicted molar refractivity (Wildman–Crippen MR) is 78.5 cm³/mol. The van der Waals surface area contributed by atoms with E-state index in [1.54, 1.807) is 17.3 Å². The quantitative estimate of drug-likeness (QED) is 0.618. The van der Waals surface area contributed by atoms with Crippen LogP contribution in [0.15, 0.2) is 18.0 Å². The molecule has 1 heterocycles. The molecule has 1 aromatic heterocycles. The summed E-state index contributed by atoms with van der Waals surface area (Å²) < 4.78 is 0. The molecule has 0 atom stereocenters. The van der Waals surface area contributed by atoms with Gasteiger partial charge in [0.25, 0.3) is 5.91 Å². The van der Waals surface area contributed by atoms with Gasteiger partial charge in [-0.15, -0.1) is 30.3 Å². The highest BCUT2D eigenvalue weighted by Gasteiger charge is 2.14. The Hall–Kier alpha value is -0.910. The van der Waals surface area contributed by atoms with Gasteiger partial charge in [0.1, 0.15) is 5.69 Å². The van der Waals surface area contributed by atoms with Gasteiger partial charge in [-0.2, -0.15) is 0 Å². The van der Waals surface area contributed by atoms with E-state index >= 15 is 0 Å². The molecule has 0 spiro atoms. The van der Waals surface area contributed by atoms with Gasteiger partial charge in [-0.3, -0.25) is 4.79 Å². The zero-order valence-corrected chi connectivity index (χ0v) is 12.2. The fourth-order valence-electron chi connectivity index (χ4n) is 1.42. The van der Waals surface area contributed by atoms with Crippen molar-refractivity contribution in [2.45, 2.75) is 19.3 Å². The molecule has 4 nitrogen and oxygen atoms in total. The molecule has 0 aliphatic carbocycles. The molecule has 0 aromatic carbocycles. The van der Waals surface area contributed by atoms with Crippen molar-refractivity contribution in [1.82, 2.24) is 9.88 Å². The van der Waals surface area contributed by atoms with E-state index in [9.17, 15) is 4.79 Å². The maximum absolute atomic E-state index is 12.0. The standard InChI is InChI=1S/C12H19N3OS.ClH/c1-3-4-5-8-15(2)12(16)10-9-17-11(14-10)6-7-13;/h3,9H,1,4-8,13H2,2H3;1H. The van der Waals surface area contributed by atoms with Crippen LogP contribution in [0.25, 0.3) is 0 Å². The summed E-state index contributed by atoms with van der Waals surface area (Å²) in [6.07, 6.45) is 4.46. The molecule has 0 saturated carbocycles. The third-order valence-corrected chi connectivity index (χ3v) is 3.29. The van der Waals surface area contributed by atoms with Crippen LogP contribution < -0.4 is 5.73 Å². The average Bonchev–Trinajstić information content (AvgIpc) is 2.77. The molecule has 102 valence electrons. The largest absolute Gasteiger partial charge is 0.340 e. The Bertz CT molecular complexity index is 381. The van der Waals surface area contributed by atoms with E-state index in [2.05, 4.69) is 11.6 Å². The van der Waals surface area contributed by atoms with Gasteiger partial charge in [-0.05, 0) is 19.4 Å². The van der Waals surface area contributed by atoms with Crippen molar-refractivity contribution >= 4 is 29.7 Å². The summed E-state index contributed by atoms with van der Waals surface area (Å²) >= 11 is 1.49. The van der Waals surface area contributed by atoms with E-state index in [4.69, 9.17) is 5.73 Å². The number of hydrogen-bond acceptors (Lipinski definition) is 4. The second-order valence-electron chi connectivity index (χ2n) is 3.82. The summed E-state index contributed by atoms with van der Waals surface area (Å²) in [7, 11) is 1.80. The van der Waals surface area contributed by atoms with Crippen molar-refractivity contribution < 1.29 is 4.79 Å². The van der Waals surface area contributed by atoms with Gasteiger partial charge < -0.3 is 10.6 Å². The van der Waals surface area contributed by atoms with Crippen LogP contribution in [-0.4, -0.2) is 35.9 Å². The lowest BCUT2D eigenvalue weighted by atomic mass is 10.3. The molecule has 0 unspecified atom stereocenters. The number of amides is 1. The normalized spacial score (nSPS) is 9.67. The number of thiazole rings is 1. The Morgan fingerprint density at radius 3 is 3.00 bits per heavy atom. The van der Waals surface area contributed by atoms with Crippen LogP contribution in [0.4, 0.5) is 0 Å².